The smallest absolute Gasteiger partial charge is 0.257 e. The van der Waals surface area contributed by atoms with Gasteiger partial charge in [-0.05, 0) is 49.3 Å². The highest BCUT2D eigenvalue weighted by atomic mass is 16.5. The number of likely N-dealkylation sites (tertiary alicyclic amines) is 1. The van der Waals surface area contributed by atoms with Gasteiger partial charge in [-0.3, -0.25) is 9.69 Å². The maximum atomic E-state index is 13.4. The van der Waals surface area contributed by atoms with Gasteiger partial charge in [0.1, 0.15) is 12.4 Å². The SMILES string of the molecule is Cc1ccc(OCCN2C[C@@H]3C(NC(=O)C(O)(c4ccccc4)C4CCCC4)[C@@H]3C2)cc1. The highest BCUT2D eigenvalue weighted by Crippen LogP contribution is 2.47. The lowest BCUT2D eigenvalue weighted by Gasteiger charge is -2.33. The number of carbonyl (C=O) groups excluding carboxylic acids is 1. The van der Waals surface area contributed by atoms with Crippen LogP contribution < -0.4 is 10.1 Å². The zero-order valence-electron chi connectivity index (χ0n) is 18.9. The molecule has 1 saturated heterocycles. The molecule has 5 heteroatoms. The molecule has 0 bridgehead atoms. The summed E-state index contributed by atoms with van der Waals surface area (Å²) in [5, 5.41) is 14.9. The van der Waals surface area contributed by atoms with E-state index >= 15 is 0 Å². The molecule has 0 spiro atoms. The molecule has 32 heavy (non-hydrogen) atoms. The van der Waals surface area contributed by atoms with Crippen LogP contribution in [0.5, 0.6) is 5.75 Å². The molecule has 2 aliphatic carbocycles. The Kier molecular flexibility index (Phi) is 5.95. The van der Waals surface area contributed by atoms with Gasteiger partial charge in [0.05, 0.1) is 0 Å². The van der Waals surface area contributed by atoms with Gasteiger partial charge in [0.15, 0.2) is 5.60 Å². The fourth-order valence-electron chi connectivity index (χ4n) is 5.79. The highest BCUT2D eigenvalue weighted by molar-refractivity contribution is 5.87. The Morgan fingerprint density at radius 2 is 1.72 bits per heavy atom. The van der Waals surface area contributed by atoms with Crippen LogP contribution in [0.3, 0.4) is 0 Å². The number of hydrogen-bond acceptors (Lipinski definition) is 4. The van der Waals surface area contributed by atoms with Gasteiger partial charge in [-0.1, -0.05) is 60.9 Å². The van der Waals surface area contributed by atoms with Crippen molar-refractivity contribution in [3.8, 4) is 5.75 Å². The van der Waals surface area contributed by atoms with Crippen LogP contribution in [0.2, 0.25) is 0 Å². The second-order valence-corrected chi connectivity index (χ2v) is 9.86. The Balaban J connectivity index is 1.13. The summed E-state index contributed by atoms with van der Waals surface area (Å²) in [5.41, 5.74) is 0.540. The van der Waals surface area contributed by atoms with E-state index in [2.05, 4.69) is 29.3 Å². The van der Waals surface area contributed by atoms with Crippen LogP contribution >= 0.6 is 0 Å². The van der Waals surface area contributed by atoms with E-state index in [0.717, 1.165) is 56.6 Å². The molecule has 1 heterocycles. The molecule has 3 fully saturated rings. The van der Waals surface area contributed by atoms with E-state index in [0.29, 0.717) is 18.4 Å². The van der Waals surface area contributed by atoms with E-state index < -0.39 is 5.60 Å². The molecule has 4 atom stereocenters. The van der Waals surface area contributed by atoms with E-state index in [-0.39, 0.29) is 17.9 Å². The van der Waals surface area contributed by atoms with Gasteiger partial charge in [-0.15, -0.1) is 0 Å². The molecule has 5 nitrogen and oxygen atoms in total. The summed E-state index contributed by atoms with van der Waals surface area (Å²) >= 11 is 0. The number of benzene rings is 2. The fraction of sp³-hybridized carbons (Fsp3) is 0.519. The molecule has 0 aromatic heterocycles. The summed E-state index contributed by atoms with van der Waals surface area (Å²) in [4.78, 5) is 15.8. The zero-order chi connectivity index (χ0) is 22.1. The van der Waals surface area contributed by atoms with E-state index in [9.17, 15) is 9.90 Å². The molecular formula is C27H34N2O3. The van der Waals surface area contributed by atoms with E-state index in [1.165, 1.54) is 5.56 Å². The Bertz CT molecular complexity index is 914. The van der Waals surface area contributed by atoms with Crippen molar-refractivity contribution < 1.29 is 14.6 Å². The zero-order valence-corrected chi connectivity index (χ0v) is 18.9. The quantitative estimate of drug-likeness (QED) is 0.668. The number of aryl methyl sites for hydroxylation is 1. The molecule has 0 radical (unpaired) electrons. The van der Waals surface area contributed by atoms with Crippen LogP contribution in [0.15, 0.2) is 54.6 Å². The lowest BCUT2D eigenvalue weighted by molar-refractivity contribution is -0.147. The van der Waals surface area contributed by atoms with Crippen molar-refractivity contribution in [1.29, 1.82) is 0 Å². The van der Waals surface area contributed by atoms with Gasteiger partial charge in [-0.2, -0.15) is 0 Å². The van der Waals surface area contributed by atoms with Gasteiger partial charge in [0, 0.05) is 31.6 Å². The van der Waals surface area contributed by atoms with Gasteiger partial charge in [-0.25, -0.2) is 0 Å². The Hall–Kier alpha value is -2.37. The third-order valence-electron chi connectivity index (χ3n) is 7.77. The first-order chi connectivity index (χ1) is 15.6. The Labute approximate surface area is 190 Å². The first-order valence-electron chi connectivity index (χ1n) is 12.1. The third-order valence-corrected chi connectivity index (χ3v) is 7.77. The number of aliphatic hydroxyl groups is 1. The largest absolute Gasteiger partial charge is 0.492 e. The van der Waals surface area contributed by atoms with Crippen molar-refractivity contribution in [2.75, 3.05) is 26.2 Å². The number of nitrogens with zero attached hydrogens (tertiary/aromatic N) is 1. The van der Waals surface area contributed by atoms with Crippen molar-refractivity contribution in [3.63, 3.8) is 0 Å². The van der Waals surface area contributed by atoms with Crippen LogP contribution in [0.4, 0.5) is 0 Å². The maximum absolute atomic E-state index is 13.4. The number of amides is 1. The molecule has 3 aliphatic rings. The van der Waals surface area contributed by atoms with Crippen LogP contribution in [0.1, 0.15) is 36.8 Å². The molecule has 1 aliphatic heterocycles. The molecule has 2 N–H and O–H groups in total. The summed E-state index contributed by atoms with van der Waals surface area (Å²) in [6.07, 6.45) is 3.99. The average Bonchev–Trinajstić information content (AvgIpc) is 3.23. The van der Waals surface area contributed by atoms with Crippen molar-refractivity contribution in [1.82, 2.24) is 10.2 Å². The van der Waals surface area contributed by atoms with Gasteiger partial charge < -0.3 is 15.2 Å². The minimum absolute atomic E-state index is 0.00101. The summed E-state index contributed by atoms with van der Waals surface area (Å²) in [6.45, 7) is 5.62. The monoisotopic (exact) mass is 434 g/mol. The van der Waals surface area contributed by atoms with Gasteiger partial charge in [0.2, 0.25) is 0 Å². The summed E-state index contributed by atoms with van der Waals surface area (Å²) in [6, 6.07) is 17.9. The number of hydrogen-bond donors (Lipinski definition) is 2. The number of nitrogens with one attached hydrogen (secondary N) is 1. The molecule has 2 aromatic rings. The van der Waals surface area contributed by atoms with Crippen molar-refractivity contribution >= 4 is 5.91 Å². The number of piperidine rings is 1. The van der Waals surface area contributed by atoms with E-state index in [1.807, 2.05) is 42.5 Å². The number of fused-ring (bicyclic) bond motifs is 1. The van der Waals surface area contributed by atoms with Crippen molar-refractivity contribution in [3.05, 3.63) is 65.7 Å². The third kappa shape index (κ3) is 4.16. The number of ether oxygens (including phenoxy) is 1. The maximum Gasteiger partial charge on any atom is 0.257 e. The Morgan fingerprint density at radius 3 is 2.38 bits per heavy atom. The van der Waals surface area contributed by atoms with Crippen LogP contribution in [0.25, 0.3) is 0 Å². The molecule has 170 valence electrons. The number of carbonyl (C=O) groups is 1. The summed E-state index contributed by atoms with van der Waals surface area (Å²) in [5.74, 6) is 1.68. The molecular weight excluding hydrogens is 400 g/mol. The molecule has 1 amide bonds. The second kappa shape index (κ2) is 8.87. The molecule has 2 saturated carbocycles. The Morgan fingerprint density at radius 1 is 1.06 bits per heavy atom. The van der Waals surface area contributed by atoms with Crippen LogP contribution in [-0.2, 0) is 10.4 Å². The van der Waals surface area contributed by atoms with E-state index in [4.69, 9.17) is 4.74 Å². The first-order valence-corrected chi connectivity index (χ1v) is 12.1. The second-order valence-electron chi connectivity index (χ2n) is 9.86. The molecule has 2 unspecified atom stereocenters. The van der Waals surface area contributed by atoms with Gasteiger partial charge >= 0.3 is 0 Å². The summed E-state index contributed by atoms with van der Waals surface area (Å²) < 4.78 is 5.87. The van der Waals surface area contributed by atoms with Crippen LogP contribution in [-0.4, -0.2) is 48.2 Å². The van der Waals surface area contributed by atoms with E-state index in [1.54, 1.807) is 0 Å². The topological polar surface area (TPSA) is 61.8 Å². The lowest BCUT2D eigenvalue weighted by atomic mass is 9.79. The van der Waals surface area contributed by atoms with Crippen molar-refractivity contribution in [2.24, 2.45) is 17.8 Å². The molecule has 2 aromatic carbocycles. The fourth-order valence-corrected chi connectivity index (χ4v) is 5.79. The number of rotatable bonds is 8. The summed E-state index contributed by atoms with van der Waals surface area (Å²) in [7, 11) is 0. The predicted octanol–water partition coefficient (Wildman–Crippen LogP) is 3.50. The minimum atomic E-state index is -1.42. The first kappa shape index (κ1) is 21.5. The average molecular weight is 435 g/mol. The molecule has 5 rings (SSSR count). The minimum Gasteiger partial charge on any atom is -0.492 e. The van der Waals surface area contributed by atoms with Crippen LogP contribution in [0, 0.1) is 24.7 Å². The lowest BCUT2D eigenvalue weighted by Crippen LogP contribution is -2.51. The normalized spacial score (nSPS) is 27.0. The predicted molar refractivity (Wildman–Crippen MR) is 124 cm³/mol. The van der Waals surface area contributed by atoms with Gasteiger partial charge in [0.25, 0.3) is 5.91 Å². The standard InChI is InChI=1S/C27H34N2O3/c1-19-11-13-22(14-12-19)32-16-15-29-17-23-24(18-29)25(23)28-26(30)27(31,21-9-5-6-10-21)20-7-3-2-4-8-20/h2-4,7-8,11-14,21,23-25,31H,5-6,9-10,15-18H2,1H3,(H,28,30)/t23-,24+,25?,27?. The van der Waals surface area contributed by atoms with Crippen molar-refractivity contribution in [2.45, 2.75) is 44.2 Å². The highest BCUT2D eigenvalue weighted by Gasteiger charge is 2.58.